The van der Waals surface area contributed by atoms with E-state index in [0.717, 1.165) is 12.8 Å². The molecular formula is C14H22F2O3S. The van der Waals surface area contributed by atoms with E-state index in [1.54, 1.807) is 11.8 Å². The number of allylic oxidation sites excluding steroid dienone is 1. The topological polar surface area (TPSA) is 27.7 Å². The largest absolute Gasteiger partial charge is 0.348 e. The molecule has 2 aliphatic rings. The van der Waals surface area contributed by atoms with Gasteiger partial charge in [0.1, 0.15) is 0 Å². The van der Waals surface area contributed by atoms with Gasteiger partial charge < -0.3 is 14.2 Å². The molecule has 2 rings (SSSR count). The van der Waals surface area contributed by atoms with Gasteiger partial charge >= 0.3 is 6.61 Å². The lowest BCUT2D eigenvalue weighted by atomic mass is 9.87. The van der Waals surface area contributed by atoms with Crippen molar-refractivity contribution >= 4 is 11.8 Å². The molecule has 0 amide bonds. The van der Waals surface area contributed by atoms with Crippen molar-refractivity contribution < 1.29 is 23.0 Å². The normalized spacial score (nSPS) is 35.8. The second kappa shape index (κ2) is 8.32. The summed E-state index contributed by atoms with van der Waals surface area (Å²) in [6, 6.07) is 0. The number of halogens is 2. The Morgan fingerprint density at radius 3 is 2.30 bits per heavy atom. The fourth-order valence-corrected chi connectivity index (χ4v) is 2.99. The Morgan fingerprint density at radius 1 is 1.10 bits per heavy atom. The Hall–Kier alpha value is -0.170. The molecule has 0 atom stereocenters. The third kappa shape index (κ3) is 5.31. The second-order valence-electron chi connectivity index (χ2n) is 5.21. The van der Waals surface area contributed by atoms with Crippen LogP contribution in [0.5, 0.6) is 0 Å². The fourth-order valence-electron chi connectivity index (χ4n) is 2.56. The number of hydrogen-bond acceptors (Lipinski definition) is 4. The Kier molecular flexibility index (Phi) is 6.74. The SMILES string of the molecule is CSC1COC(/C=C/C2CCC(OC(F)F)CC2)OC1. The summed E-state index contributed by atoms with van der Waals surface area (Å²) < 4.78 is 39.9. The first kappa shape index (κ1) is 16.2. The standard InChI is InChI=1S/C14H22F2O3S/c1-20-12-8-17-13(18-9-12)7-4-10-2-5-11(6-3-10)19-14(15)16/h4,7,10-14H,2-3,5-6,8-9H2,1H3/b7-4+. The molecule has 0 unspecified atom stereocenters. The lowest BCUT2D eigenvalue weighted by Crippen LogP contribution is -2.32. The predicted molar refractivity (Wildman–Crippen MR) is 75.0 cm³/mol. The monoisotopic (exact) mass is 308 g/mol. The Labute approximate surface area is 123 Å². The average molecular weight is 308 g/mol. The summed E-state index contributed by atoms with van der Waals surface area (Å²) in [5, 5.41) is 0.418. The van der Waals surface area contributed by atoms with Gasteiger partial charge in [0.25, 0.3) is 0 Å². The highest BCUT2D eigenvalue weighted by Crippen LogP contribution is 2.28. The molecule has 0 bridgehead atoms. The molecule has 1 aliphatic heterocycles. The van der Waals surface area contributed by atoms with E-state index < -0.39 is 6.61 Å². The van der Waals surface area contributed by atoms with Crippen molar-refractivity contribution in [1.82, 2.24) is 0 Å². The van der Waals surface area contributed by atoms with Gasteiger partial charge in [-0.1, -0.05) is 6.08 Å². The van der Waals surface area contributed by atoms with Crippen LogP contribution in [0.3, 0.4) is 0 Å². The molecule has 116 valence electrons. The highest BCUT2D eigenvalue weighted by molar-refractivity contribution is 7.99. The van der Waals surface area contributed by atoms with Crippen molar-refractivity contribution in [1.29, 1.82) is 0 Å². The van der Waals surface area contributed by atoms with E-state index in [0.29, 0.717) is 37.2 Å². The minimum Gasteiger partial charge on any atom is -0.348 e. The second-order valence-corrected chi connectivity index (χ2v) is 6.35. The molecule has 0 radical (unpaired) electrons. The zero-order valence-corrected chi connectivity index (χ0v) is 12.5. The average Bonchev–Trinajstić information content (AvgIpc) is 2.46. The van der Waals surface area contributed by atoms with Gasteiger partial charge in [0.2, 0.25) is 0 Å². The van der Waals surface area contributed by atoms with E-state index in [9.17, 15) is 8.78 Å². The molecular weight excluding hydrogens is 286 g/mol. The van der Waals surface area contributed by atoms with E-state index in [4.69, 9.17) is 9.47 Å². The quantitative estimate of drug-likeness (QED) is 0.727. The zero-order chi connectivity index (χ0) is 14.4. The van der Waals surface area contributed by atoms with Crippen molar-refractivity contribution in [2.45, 2.75) is 49.9 Å². The molecule has 1 aliphatic carbocycles. The maximum atomic E-state index is 12.1. The highest BCUT2D eigenvalue weighted by atomic mass is 32.2. The summed E-state index contributed by atoms with van der Waals surface area (Å²) in [4.78, 5) is 0. The van der Waals surface area contributed by atoms with E-state index >= 15 is 0 Å². The summed E-state index contributed by atoms with van der Waals surface area (Å²) in [6.07, 6.45) is 8.71. The van der Waals surface area contributed by atoms with Crippen LogP contribution in [0.2, 0.25) is 0 Å². The van der Waals surface area contributed by atoms with Crippen molar-refractivity contribution in [3.05, 3.63) is 12.2 Å². The van der Waals surface area contributed by atoms with E-state index in [2.05, 4.69) is 10.8 Å². The van der Waals surface area contributed by atoms with Gasteiger partial charge in [-0.05, 0) is 43.9 Å². The van der Waals surface area contributed by atoms with Gasteiger partial charge in [-0.3, -0.25) is 0 Å². The van der Waals surface area contributed by atoms with Crippen molar-refractivity contribution in [3.63, 3.8) is 0 Å². The predicted octanol–water partition coefficient (Wildman–Crippen LogP) is 3.45. The van der Waals surface area contributed by atoms with Crippen molar-refractivity contribution in [2.75, 3.05) is 19.5 Å². The third-order valence-electron chi connectivity index (χ3n) is 3.78. The minimum atomic E-state index is -2.65. The van der Waals surface area contributed by atoms with Gasteiger partial charge in [-0.2, -0.15) is 20.5 Å². The van der Waals surface area contributed by atoms with Crippen LogP contribution >= 0.6 is 11.8 Å². The minimum absolute atomic E-state index is 0.256. The number of thioether (sulfide) groups is 1. The van der Waals surface area contributed by atoms with Gasteiger partial charge in [0.05, 0.1) is 24.6 Å². The summed E-state index contributed by atoms with van der Waals surface area (Å²) in [6.45, 7) is -1.23. The van der Waals surface area contributed by atoms with Crippen LogP contribution in [0.15, 0.2) is 12.2 Å². The van der Waals surface area contributed by atoms with Crippen molar-refractivity contribution in [3.8, 4) is 0 Å². The van der Waals surface area contributed by atoms with Gasteiger partial charge in [-0.15, -0.1) is 0 Å². The van der Waals surface area contributed by atoms with Gasteiger partial charge in [-0.25, -0.2) is 0 Å². The molecule has 6 heteroatoms. The van der Waals surface area contributed by atoms with E-state index in [1.165, 1.54) is 0 Å². The first-order chi connectivity index (χ1) is 9.67. The smallest absolute Gasteiger partial charge is 0.345 e. The Morgan fingerprint density at radius 2 is 1.75 bits per heavy atom. The molecule has 0 aromatic heterocycles. The summed E-state index contributed by atoms with van der Waals surface area (Å²) in [7, 11) is 0. The molecule has 20 heavy (non-hydrogen) atoms. The van der Waals surface area contributed by atoms with Gasteiger partial charge in [0, 0.05) is 0 Å². The third-order valence-corrected chi connectivity index (χ3v) is 4.72. The lowest BCUT2D eigenvalue weighted by Gasteiger charge is -2.28. The molecule has 3 nitrogen and oxygen atoms in total. The lowest BCUT2D eigenvalue weighted by molar-refractivity contribution is -0.170. The van der Waals surface area contributed by atoms with Crippen LogP contribution in [0.4, 0.5) is 8.78 Å². The maximum Gasteiger partial charge on any atom is 0.345 e. The zero-order valence-electron chi connectivity index (χ0n) is 11.7. The molecule has 0 N–H and O–H groups in total. The first-order valence-electron chi connectivity index (χ1n) is 7.05. The summed E-state index contributed by atoms with van der Waals surface area (Å²) in [5.41, 5.74) is 0. The molecule has 1 heterocycles. The van der Waals surface area contributed by atoms with Crippen LogP contribution < -0.4 is 0 Å². The summed E-state index contributed by atoms with van der Waals surface area (Å²) >= 11 is 1.75. The number of ether oxygens (including phenoxy) is 3. The first-order valence-corrected chi connectivity index (χ1v) is 8.34. The fraction of sp³-hybridized carbons (Fsp3) is 0.857. The molecule has 0 aromatic carbocycles. The maximum absolute atomic E-state index is 12.1. The van der Waals surface area contributed by atoms with Crippen LogP contribution in [-0.2, 0) is 14.2 Å². The van der Waals surface area contributed by atoms with E-state index in [-0.39, 0.29) is 12.4 Å². The van der Waals surface area contributed by atoms with Crippen LogP contribution in [0.1, 0.15) is 25.7 Å². The number of hydrogen-bond donors (Lipinski definition) is 0. The number of rotatable bonds is 5. The molecule has 2 fully saturated rings. The highest BCUT2D eigenvalue weighted by Gasteiger charge is 2.24. The van der Waals surface area contributed by atoms with E-state index in [1.807, 2.05) is 12.3 Å². The molecule has 1 saturated carbocycles. The van der Waals surface area contributed by atoms with Crippen LogP contribution in [0, 0.1) is 5.92 Å². The molecule has 0 spiro atoms. The van der Waals surface area contributed by atoms with Crippen LogP contribution in [-0.4, -0.2) is 43.7 Å². The van der Waals surface area contributed by atoms with Crippen LogP contribution in [0.25, 0.3) is 0 Å². The Balaban J connectivity index is 1.66. The number of alkyl halides is 2. The Bertz CT molecular complexity index is 299. The summed E-state index contributed by atoms with van der Waals surface area (Å²) in [5.74, 6) is 0.415. The van der Waals surface area contributed by atoms with Gasteiger partial charge in [0.15, 0.2) is 6.29 Å². The molecule has 0 aromatic rings. The molecule has 1 saturated heterocycles. The van der Waals surface area contributed by atoms with Crippen molar-refractivity contribution in [2.24, 2.45) is 5.92 Å².